The predicted molar refractivity (Wildman–Crippen MR) is 102 cm³/mol. The van der Waals surface area contributed by atoms with Gasteiger partial charge in [0.05, 0.1) is 10.7 Å². The summed E-state index contributed by atoms with van der Waals surface area (Å²) in [5.74, 6) is 0.347. The lowest BCUT2D eigenvalue weighted by molar-refractivity contribution is -0.137. The number of carbonyl (C=O) groups is 2. The largest absolute Gasteiger partial charge is 0.451 e. The second-order valence-corrected chi connectivity index (χ2v) is 8.30. The Balaban J connectivity index is 1.67. The number of hydrogen-bond donors (Lipinski definition) is 0. The Morgan fingerprint density at radius 2 is 1.85 bits per heavy atom. The molecule has 26 heavy (non-hydrogen) atoms. The highest BCUT2D eigenvalue weighted by molar-refractivity contribution is 7.14. The minimum absolute atomic E-state index is 0.126. The van der Waals surface area contributed by atoms with Gasteiger partial charge in [0.2, 0.25) is 0 Å². The average Bonchev–Trinajstić information content (AvgIpc) is 3.01. The number of ether oxygens (including phenoxy) is 1. The molecule has 3 rings (SSSR count). The van der Waals surface area contributed by atoms with Crippen molar-refractivity contribution in [3.05, 3.63) is 40.2 Å². The molecule has 2 atom stereocenters. The Hall–Kier alpha value is -2.21. The fourth-order valence-corrected chi connectivity index (χ4v) is 4.34. The number of aryl methyl sites for hydroxylation is 1. The monoisotopic (exact) mass is 372 g/mol. The number of rotatable bonds is 4. The summed E-state index contributed by atoms with van der Waals surface area (Å²) < 4.78 is 5.33. The van der Waals surface area contributed by atoms with E-state index in [-0.39, 0.29) is 12.5 Å². The summed E-state index contributed by atoms with van der Waals surface area (Å²) in [6, 6.07) is 9.54. The molecule has 0 saturated carbocycles. The van der Waals surface area contributed by atoms with Crippen LogP contribution in [0.3, 0.4) is 0 Å². The summed E-state index contributed by atoms with van der Waals surface area (Å²) in [4.78, 5) is 31.7. The van der Waals surface area contributed by atoms with E-state index in [9.17, 15) is 9.59 Å². The number of likely N-dealkylation sites (tertiary alicyclic amines) is 1. The molecule has 2 heterocycles. The smallest absolute Gasteiger partial charge is 0.351 e. The summed E-state index contributed by atoms with van der Waals surface area (Å²) in [6.45, 7) is 7.40. The van der Waals surface area contributed by atoms with Crippen molar-refractivity contribution in [3.63, 3.8) is 0 Å². The van der Waals surface area contributed by atoms with Crippen LogP contribution in [0.4, 0.5) is 0 Å². The van der Waals surface area contributed by atoms with Gasteiger partial charge in [-0.15, -0.1) is 11.3 Å². The van der Waals surface area contributed by atoms with E-state index in [1.165, 1.54) is 11.3 Å². The molecule has 1 saturated heterocycles. The molecule has 1 aromatic carbocycles. The third-order valence-electron chi connectivity index (χ3n) is 4.52. The van der Waals surface area contributed by atoms with Crippen LogP contribution < -0.4 is 0 Å². The number of amides is 1. The Labute approximate surface area is 158 Å². The maximum Gasteiger partial charge on any atom is 0.351 e. The van der Waals surface area contributed by atoms with Gasteiger partial charge in [-0.3, -0.25) is 4.79 Å². The maximum absolute atomic E-state index is 12.5. The average molecular weight is 372 g/mol. The molecule has 0 bridgehead atoms. The Kier molecular flexibility index (Phi) is 5.71. The molecular weight excluding hydrogens is 348 g/mol. The molecule has 6 heteroatoms. The first-order chi connectivity index (χ1) is 12.4. The summed E-state index contributed by atoms with van der Waals surface area (Å²) >= 11 is 1.29. The fraction of sp³-hybridized carbons (Fsp3) is 0.450. The van der Waals surface area contributed by atoms with Gasteiger partial charge in [0.15, 0.2) is 6.61 Å². The van der Waals surface area contributed by atoms with Crippen molar-refractivity contribution < 1.29 is 14.3 Å². The van der Waals surface area contributed by atoms with Crippen molar-refractivity contribution in [2.24, 2.45) is 11.8 Å². The van der Waals surface area contributed by atoms with Crippen LogP contribution in [0, 0.1) is 18.8 Å². The van der Waals surface area contributed by atoms with Gasteiger partial charge in [-0.1, -0.05) is 44.2 Å². The van der Waals surface area contributed by atoms with Crippen molar-refractivity contribution in [1.82, 2.24) is 9.88 Å². The second-order valence-electron chi connectivity index (χ2n) is 7.10. The minimum atomic E-state index is -0.485. The third-order valence-corrected chi connectivity index (χ3v) is 5.47. The molecule has 1 aliphatic rings. The Morgan fingerprint density at radius 1 is 1.19 bits per heavy atom. The first kappa shape index (κ1) is 18.6. The topological polar surface area (TPSA) is 59.5 Å². The maximum atomic E-state index is 12.5. The molecular formula is C20H24N2O3S. The van der Waals surface area contributed by atoms with Crippen LogP contribution in [0.2, 0.25) is 0 Å². The van der Waals surface area contributed by atoms with Crippen LogP contribution in [0.25, 0.3) is 11.3 Å². The van der Waals surface area contributed by atoms with E-state index in [1.807, 2.05) is 42.2 Å². The zero-order valence-corrected chi connectivity index (χ0v) is 16.2. The van der Waals surface area contributed by atoms with Crippen molar-refractivity contribution >= 4 is 23.2 Å². The highest BCUT2D eigenvalue weighted by Crippen LogP contribution is 2.28. The highest BCUT2D eigenvalue weighted by Gasteiger charge is 2.27. The first-order valence-corrected chi connectivity index (χ1v) is 9.73. The quantitative estimate of drug-likeness (QED) is 0.767. The standard InChI is InChI=1S/C20H24N2O3S/c1-13-9-14(2)11-22(10-13)17(23)12-25-20(24)19-18(21-15(3)26-19)16-7-5-4-6-8-16/h4-8,13-14H,9-12H2,1-3H3/t13-,14-/m0/s1. The lowest BCUT2D eigenvalue weighted by Gasteiger charge is -2.34. The molecule has 0 N–H and O–H groups in total. The number of aromatic nitrogens is 1. The van der Waals surface area contributed by atoms with Gasteiger partial charge in [0, 0.05) is 18.7 Å². The summed E-state index contributed by atoms with van der Waals surface area (Å²) in [5, 5.41) is 0.792. The molecule has 0 radical (unpaired) electrons. The number of thiazole rings is 1. The molecule has 2 aromatic rings. The van der Waals surface area contributed by atoms with Gasteiger partial charge < -0.3 is 9.64 Å². The Morgan fingerprint density at radius 3 is 2.50 bits per heavy atom. The first-order valence-electron chi connectivity index (χ1n) is 8.91. The zero-order chi connectivity index (χ0) is 18.7. The summed E-state index contributed by atoms with van der Waals surface area (Å²) in [5.41, 5.74) is 1.49. The lowest BCUT2D eigenvalue weighted by Crippen LogP contribution is -2.44. The third kappa shape index (κ3) is 4.30. The Bertz CT molecular complexity index is 778. The van der Waals surface area contributed by atoms with Crippen molar-refractivity contribution in [1.29, 1.82) is 0 Å². The molecule has 5 nitrogen and oxygen atoms in total. The number of carbonyl (C=O) groups excluding carboxylic acids is 2. The molecule has 1 fully saturated rings. The minimum Gasteiger partial charge on any atom is -0.451 e. The normalized spacial score (nSPS) is 20.0. The van der Waals surface area contributed by atoms with E-state index >= 15 is 0 Å². The van der Waals surface area contributed by atoms with Crippen molar-refractivity contribution in [3.8, 4) is 11.3 Å². The van der Waals surface area contributed by atoms with E-state index in [4.69, 9.17) is 4.74 Å². The number of esters is 1. The van der Waals surface area contributed by atoms with Crippen LogP contribution in [-0.2, 0) is 9.53 Å². The van der Waals surface area contributed by atoms with Crippen LogP contribution in [-0.4, -0.2) is 41.5 Å². The van der Waals surface area contributed by atoms with E-state index in [1.54, 1.807) is 0 Å². The lowest BCUT2D eigenvalue weighted by atomic mass is 9.92. The number of piperidine rings is 1. The van der Waals surface area contributed by atoms with Crippen molar-refractivity contribution in [2.75, 3.05) is 19.7 Å². The molecule has 138 valence electrons. The van der Waals surface area contributed by atoms with Crippen LogP contribution in [0.1, 0.15) is 34.9 Å². The van der Waals surface area contributed by atoms with Crippen LogP contribution in [0.15, 0.2) is 30.3 Å². The number of hydrogen-bond acceptors (Lipinski definition) is 5. The SMILES string of the molecule is Cc1nc(-c2ccccc2)c(C(=O)OCC(=O)N2C[C@@H](C)C[C@H](C)C2)s1. The van der Waals surface area contributed by atoms with E-state index in [0.717, 1.165) is 30.1 Å². The summed E-state index contributed by atoms with van der Waals surface area (Å²) in [7, 11) is 0. The van der Waals surface area contributed by atoms with E-state index < -0.39 is 5.97 Å². The molecule has 0 aliphatic carbocycles. The molecule has 1 amide bonds. The van der Waals surface area contributed by atoms with E-state index in [0.29, 0.717) is 22.4 Å². The number of nitrogens with zero attached hydrogens (tertiary/aromatic N) is 2. The van der Waals surface area contributed by atoms with Crippen molar-refractivity contribution in [2.45, 2.75) is 27.2 Å². The van der Waals surface area contributed by atoms with Gasteiger partial charge in [-0.05, 0) is 25.2 Å². The number of benzene rings is 1. The van der Waals surface area contributed by atoms with E-state index in [2.05, 4.69) is 18.8 Å². The van der Waals surface area contributed by atoms with Gasteiger partial charge in [-0.25, -0.2) is 9.78 Å². The van der Waals surface area contributed by atoms with Gasteiger partial charge >= 0.3 is 5.97 Å². The van der Waals surface area contributed by atoms with Gasteiger partial charge in [-0.2, -0.15) is 0 Å². The van der Waals surface area contributed by atoms with Gasteiger partial charge in [0.1, 0.15) is 4.88 Å². The molecule has 0 unspecified atom stereocenters. The van der Waals surface area contributed by atoms with Crippen LogP contribution in [0.5, 0.6) is 0 Å². The molecule has 0 spiro atoms. The van der Waals surface area contributed by atoms with Gasteiger partial charge in [0.25, 0.3) is 5.91 Å². The fourth-order valence-electron chi connectivity index (χ4n) is 3.51. The van der Waals surface area contributed by atoms with Crippen LogP contribution >= 0.6 is 11.3 Å². The zero-order valence-electron chi connectivity index (χ0n) is 15.4. The highest BCUT2D eigenvalue weighted by atomic mass is 32.1. The molecule has 1 aliphatic heterocycles. The predicted octanol–water partition coefficient (Wildman–Crippen LogP) is 3.78. The second kappa shape index (κ2) is 7.99. The summed E-state index contributed by atoms with van der Waals surface area (Å²) in [6.07, 6.45) is 1.13. The molecule has 1 aromatic heterocycles.